The first-order chi connectivity index (χ1) is 20.4. The quantitative estimate of drug-likeness (QED) is 0.169. The summed E-state index contributed by atoms with van der Waals surface area (Å²) in [5, 5.41) is 0. The van der Waals surface area contributed by atoms with Crippen molar-refractivity contribution in [1.29, 1.82) is 0 Å². The molecule has 4 heteroatoms. The number of hydrogen-bond donors (Lipinski definition) is 0. The van der Waals surface area contributed by atoms with E-state index in [4.69, 9.17) is 9.47 Å². The van der Waals surface area contributed by atoms with Crippen LogP contribution in [0.4, 0.5) is 0 Å². The minimum absolute atomic E-state index is 0.0808. The predicted molar refractivity (Wildman–Crippen MR) is 175 cm³/mol. The van der Waals surface area contributed by atoms with E-state index in [0.717, 1.165) is 0 Å². The van der Waals surface area contributed by atoms with Crippen LogP contribution in [-0.2, 0) is 49.8 Å². The van der Waals surface area contributed by atoms with Gasteiger partial charge in [-0.1, -0.05) is 0 Å². The van der Waals surface area contributed by atoms with Crippen LogP contribution in [-0.4, -0.2) is 20.1 Å². The SMILES string of the molecule is COCc1ccc([C]2([Zr]([SiH](C)C)[C]3(c4ccc(COC)cc4)C(C)=Cc4ccccc43)C(C)=Cc3ccccc32)cc1. The number of hydrogen-bond acceptors (Lipinski definition) is 2. The van der Waals surface area contributed by atoms with Gasteiger partial charge < -0.3 is 0 Å². The van der Waals surface area contributed by atoms with Gasteiger partial charge in [0.05, 0.1) is 0 Å². The van der Waals surface area contributed by atoms with E-state index < -0.39 is 26.8 Å². The summed E-state index contributed by atoms with van der Waals surface area (Å²) in [6, 6.07) is 37.4. The van der Waals surface area contributed by atoms with Crippen molar-refractivity contribution in [2.75, 3.05) is 14.2 Å². The number of allylic oxidation sites excluding steroid dienone is 2. The number of methoxy groups -OCH3 is 2. The van der Waals surface area contributed by atoms with Gasteiger partial charge in [0.1, 0.15) is 0 Å². The Morgan fingerprint density at radius 3 is 1.31 bits per heavy atom. The molecule has 4 aromatic carbocycles. The molecule has 0 aromatic heterocycles. The van der Waals surface area contributed by atoms with Crippen LogP contribution >= 0.6 is 0 Å². The molecule has 0 fully saturated rings. The molecule has 0 N–H and O–H groups in total. The van der Waals surface area contributed by atoms with Gasteiger partial charge in [-0.2, -0.15) is 0 Å². The van der Waals surface area contributed by atoms with Gasteiger partial charge in [0.15, 0.2) is 0 Å². The summed E-state index contributed by atoms with van der Waals surface area (Å²) >= 11 is -2.76. The van der Waals surface area contributed by atoms with Crippen molar-refractivity contribution in [3.05, 3.63) is 153 Å². The van der Waals surface area contributed by atoms with Crippen molar-refractivity contribution in [1.82, 2.24) is 0 Å². The van der Waals surface area contributed by atoms with Crippen molar-refractivity contribution in [3.63, 3.8) is 0 Å². The topological polar surface area (TPSA) is 18.5 Å². The maximum atomic E-state index is 5.51. The van der Waals surface area contributed by atoms with E-state index in [1.165, 1.54) is 55.7 Å². The average molecular weight is 649 g/mol. The molecule has 0 bridgehead atoms. The third-order valence-electron chi connectivity index (χ3n) is 9.44. The molecule has 0 saturated heterocycles. The Hall–Kier alpha value is -2.62. The third-order valence-corrected chi connectivity index (χ3v) is 32.9. The molecule has 0 spiro atoms. The molecule has 0 amide bonds. The van der Waals surface area contributed by atoms with E-state index in [-0.39, 0.29) is 6.25 Å². The Morgan fingerprint density at radius 2 is 0.952 bits per heavy atom. The Balaban J connectivity index is 1.71. The Bertz CT molecular complexity index is 1530. The molecule has 2 atom stereocenters. The molecule has 213 valence electrons. The third kappa shape index (κ3) is 4.46. The van der Waals surface area contributed by atoms with E-state index >= 15 is 0 Å². The van der Waals surface area contributed by atoms with Crippen LogP contribution in [0.5, 0.6) is 0 Å². The normalized spacial score (nSPS) is 20.7. The van der Waals surface area contributed by atoms with Crippen molar-refractivity contribution < 1.29 is 30.4 Å². The molecule has 0 aliphatic heterocycles. The van der Waals surface area contributed by atoms with Gasteiger partial charge in [-0.25, -0.2) is 0 Å². The summed E-state index contributed by atoms with van der Waals surface area (Å²) in [5.74, 6) is -1.25. The predicted octanol–water partition coefficient (Wildman–Crippen LogP) is 8.60. The van der Waals surface area contributed by atoms with Gasteiger partial charge in [-0.05, 0) is 0 Å². The van der Waals surface area contributed by atoms with Crippen molar-refractivity contribution >= 4 is 18.1 Å². The summed E-state index contributed by atoms with van der Waals surface area (Å²) in [7, 11) is 3.56. The van der Waals surface area contributed by atoms with E-state index in [1.807, 2.05) is 0 Å². The zero-order valence-corrected chi connectivity index (χ0v) is 29.3. The van der Waals surface area contributed by atoms with Crippen LogP contribution in [0.15, 0.2) is 108 Å². The Labute approximate surface area is 260 Å². The van der Waals surface area contributed by atoms with Crippen LogP contribution in [0.2, 0.25) is 13.1 Å². The number of ether oxygens (including phenoxy) is 2. The molecule has 0 radical (unpaired) electrons. The second-order valence-electron chi connectivity index (χ2n) is 12.2. The van der Waals surface area contributed by atoms with E-state index in [1.54, 1.807) is 14.2 Å². The Morgan fingerprint density at radius 1 is 0.571 bits per heavy atom. The molecule has 2 aliphatic carbocycles. The van der Waals surface area contributed by atoms with Crippen LogP contribution in [0.1, 0.15) is 58.4 Å². The zero-order valence-electron chi connectivity index (χ0n) is 25.7. The van der Waals surface area contributed by atoms with Crippen molar-refractivity contribution in [2.24, 2.45) is 0 Å². The van der Waals surface area contributed by atoms with Gasteiger partial charge in [-0.15, -0.1) is 0 Å². The monoisotopic (exact) mass is 647 g/mol. The van der Waals surface area contributed by atoms with Crippen LogP contribution in [0.25, 0.3) is 12.2 Å². The first kappa shape index (κ1) is 29.5. The second-order valence-corrected chi connectivity index (χ2v) is 32.1. The minimum atomic E-state index is -2.76. The van der Waals surface area contributed by atoms with Crippen LogP contribution < -0.4 is 0 Å². The summed E-state index contributed by atoms with van der Waals surface area (Å²) < 4.78 is 10.9. The summed E-state index contributed by atoms with van der Waals surface area (Å²) in [6.45, 7) is 11.4. The fourth-order valence-electron chi connectivity index (χ4n) is 8.01. The van der Waals surface area contributed by atoms with Gasteiger partial charge in [0.2, 0.25) is 0 Å². The molecule has 2 nitrogen and oxygen atoms in total. The number of fused-ring (bicyclic) bond motifs is 2. The summed E-state index contributed by atoms with van der Waals surface area (Å²) in [6.07, 6.45) is 5.01. The van der Waals surface area contributed by atoms with Gasteiger partial charge in [0.25, 0.3) is 0 Å². The fourth-order valence-corrected chi connectivity index (χ4v) is 37.7. The molecule has 6 rings (SSSR count). The van der Waals surface area contributed by atoms with E-state index in [0.29, 0.717) is 13.2 Å². The molecule has 0 saturated carbocycles. The standard InChI is InChI=1S/2C18H17O.C2H7Si.Zr/c2*1-13-11-16-5-3-4-6-17(16)18(13)15-9-7-14(8-10-15)12-19-2;1-3-2;/h2*3-11H,12H2,1-2H3;3H,1-2H3;. The van der Waals surface area contributed by atoms with Crippen molar-refractivity contribution in [2.45, 2.75) is 46.4 Å². The summed E-state index contributed by atoms with van der Waals surface area (Å²) in [4.78, 5) is 0. The number of benzene rings is 4. The Kier molecular flexibility index (Phi) is 8.28. The molecule has 2 aliphatic rings. The summed E-state index contributed by atoms with van der Waals surface area (Å²) in [5.41, 5.74) is 14.2. The van der Waals surface area contributed by atoms with Crippen LogP contribution in [0, 0.1) is 0 Å². The first-order valence-corrected chi connectivity index (χ1v) is 24.6. The molecular weight excluding hydrogens is 608 g/mol. The van der Waals surface area contributed by atoms with E-state index in [9.17, 15) is 0 Å². The van der Waals surface area contributed by atoms with E-state index in [2.05, 4.69) is 136 Å². The molecule has 42 heavy (non-hydrogen) atoms. The molecule has 4 aromatic rings. The molecule has 2 unspecified atom stereocenters. The van der Waals surface area contributed by atoms with Crippen LogP contribution in [0.3, 0.4) is 0 Å². The maximum absolute atomic E-state index is 5.51. The number of rotatable bonds is 9. The van der Waals surface area contributed by atoms with Crippen molar-refractivity contribution in [3.8, 4) is 0 Å². The molecular formula is C38H41O2SiZr. The average Bonchev–Trinajstić information content (AvgIpc) is 3.45. The first-order valence-electron chi connectivity index (χ1n) is 15.0. The van der Waals surface area contributed by atoms with Gasteiger partial charge in [0, 0.05) is 0 Å². The molecule has 0 heterocycles. The zero-order chi connectivity index (χ0) is 29.5. The second kappa shape index (κ2) is 11.8. The fraction of sp³-hybridized carbons (Fsp3) is 0.263. The van der Waals surface area contributed by atoms with Gasteiger partial charge >= 0.3 is 262 Å². The van der Waals surface area contributed by atoms with Gasteiger partial charge in [-0.3, -0.25) is 0 Å².